The first-order chi connectivity index (χ1) is 7.29. The summed E-state index contributed by atoms with van der Waals surface area (Å²) in [5.41, 5.74) is 2.88. The molecule has 80 valence electrons. The van der Waals surface area contributed by atoms with Crippen molar-refractivity contribution in [1.29, 1.82) is 0 Å². The van der Waals surface area contributed by atoms with Gasteiger partial charge in [0.1, 0.15) is 6.29 Å². The number of nitrogens with zero attached hydrogens (tertiary/aromatic N) is 1. The van der Waals surface area contributed by atoms with Crippen molar-refractivity contribution in [2.24, 2.45) is 5.92 Å². The van der Waals surface area contributed by atoms with E-state index in [4.69, 9.17) is 0 Å². The second-order valence-electron chi connectivity index (χ2n) is 4.45. The summed E-state index contributed by atoms with van der Waals surface area (Å²) in [5.74, 6) is 0.469. The lowest BCUT2D eigenvalue weighted by Gasteiger charge is -2.18. The Morgan fingerprint density at radius 2 is 1.93 bits per heavy atom. The first-order valence-electron chi connectivity index (χ1n) is 5.52. The minimum absolute atomic E-state index is 0.469. The van der Waals surface area contributed by atoms with E-state index in [1.54, 1.807) is 0 Å². The van der Waals surface area contributed by atoms with Crippen molar-refractivity contribution in [1.82, 2.24) is 4.90 Å². The molecule has 0 radical (unpaired) electrons. The maximum atomic E-state index is 10.4. The number of hydrogen-bond acceptors (Lipinski definition) is 2. The predicted octanol–water partition coefficient (Wildman–Crippen LogP) is 2.23. The molecule has 2 heteroatoms. The molecule has 15 heavy (non-hydrogen) atoms. The van der Waals surface area contributed by atoms with Gasteiger partial charge < -0.3 is 4.79 Å². The van der Waals surface area contributed by atoms with Gasteiger partial charge in [-0.3, -0.25) is 4.90 Å². The molecule has 1 aromatic carbocycles. The molecule has 0 bridgehead atoms. The maximum absolute atomic E-state index is 10.4. The van der Waals surface area contributed by atoms with E-state index in [1.165, 1.54) is 11.1 Å². The third-order valence-corrected chi connectivity index (χ3v) is 2.97. The van der Waals surface area contributed by atoms with Crippen LogP contribution in [0.4, 0.5) is 0 Å². The Balaban J connectivity index is 1.93. The topological polar surface area (TPSA) is 20.3 Å². The van der Waals surface area contributed by atoms with E-state index < -0.39 is 0 Å². The van der Waals surface area contributed by atoms with E-state index in [0.29, 0.717) is 12.3 Å². The molecular formula is C13H17NO. The molecule has 1 atom stereocenters. The summed E-state index contributed by atoms with van der Waals surface area (Å²) in [6, 6.07) is 8.58. The monoisotopic (exact) mass is 203 g/mol. The van der Waals surface area contributed by atoms with Gasteiger partial charge in [0.2, 0.25) is 0 Å². The van der Waals surface area contributed by atoms with Crippen LogP contribution in [0.1, 0.15) is 24.5 Å². The van der Waals surface area contributed by atoms with Crippen molar-refractivity contribution in [2.75, 3.05) is 6.54 Å². The van der Waals surface area contributed by atoms with Crippen LogP contribution in [0.3, 0.4) is 0 Å². The predicted molar refractivity (Wildman–Crippen MR) is 60.4 cm³/mol. The Morgan fingerprint density at radius 3 is 2.47 bits per heavy atom. The average Bonchev–Trinajstić information content (AvgIpc) is 2.59. The molecule has 1 heterocycles. The first-order valence-corrected chi connectivity index (χ1v) is 5.52. The number of hydrogen-bond donors (Lipinski definition) is 0. The molecule has 0 amide bonds. The number of fused-ring (bicyclic) bond motifs is 1. The van der Waals surface area contributed by atoms with Crippen molar-refractivity contribution in [3.8, 4) is 0 Å². The molecule has 2 rings (SSSR count). The highest BCUT2D eigenvalue weighted by molar-refractivity contribution is 5.49. The van der Waals surface area contributed by atoms with Crippen LogP contribution in [0, 0.1) is 5.92 Å². The quantitative estimate of drug-likeness (QED) is 0.699. The normalized spacial score (nSPS) is 17.4. The molecule has 1 aliphatic rings. The lowest BCUT2D eigenvalue weighted by Crippen LogP contribution is -2.23. The summed E-state index contributed by atoms with van der Waals surface area (Å²) >= 11 is 0. The zero-order valence-corrected chi connectivity index (χ0v) is 9.15. The number of carbonyl (C=O) groups excluding carboxylic acids is 1. The van der Waals surface area contributed by atoms with Crippen LogP contribution in [0.2, 0.25) is 0 Å². The zero-order chi connectivity index (χ0) is 10.7. The molecular weight excluding hydrogens is 186 g/mol. The van der Waals surface area contributed by atoms with Crippen LogP contribution >= 0.6 is 0 Å². The van der Waals surface area contributed by atoms with Crippen LogP contribution in [-0.4, -0.2) is 17.7 Å². The van der Waals surface area contributed by atoms with Gasteiger partial charge in [-0.05, 0) is 17.0 Å². The van der Waals surface area contributed by atoms with Gasteiger partial charge >= 0.3 is 0 Å². The molecule has 0 aliphatic carbocycles. The van der Waals surface area contributed by atoms with Crippen LogP contribution in [0.25, 0.3) is 0 Å². The summed E-state index contributed by atoms with van der Waals surface area (Å²) in [5, 5.41) is 0. The second-order valence-corrected chi connectivity index (χ2v) is 4.45. The summed E-state index contributed by atoms with van der Waals surface area (Å²) < 4.78 is 0. The highest BCUT2D eigenvalue weighted by Crippen LogP contribution is 2.23. The minimum Gasteiger partial charge on any atom is -0.303 e. The van der Waals surface area contributed by atoms with Crippen molar-refractivity contribution in [2.45, 2.75) is 26.4 Å². The third kappa shape index (κ3) is 2.45. The molecule has 0 saturated carbocycles. The molecule has 0 N–H and O–H groups in total. The molecule has 0 fully saturated rings. The SMILES string of the molecule is CC(CC=O)CN1Cc2ccccc2C1. The van der Waals surface area contributed by atoms with Crippen LogP contribution in [0.15, 0.2) is 24.3 Å². The van der Waals surface area contributed by atoms with Crippen LogP contribution < -0.4 is 0 Å². The van der Waals surface area contributed by atoms with Crippen LogP contribution in [0.5, 0.6) is 0 Å². The maximum Gasteiger partial charge on any atom is 0.120 e. The molecule has 1 aliphatic heterocycles. The lowest BCUT2D eigenvalue weighted by atomic mass is 10.1. The van der Waals surface area contributed by atoms with Gasteiger partial charge in [-0.2, -0.15) is 0 Å². The molecule has 2 nitrogen and oxygen atoms in total. The van der Waals surface area contributed by atoms with Crippen molar-refractivity contribution < 1.29 is 4.79 Å². The Bertz CT molecular complexity index is 323. The summed E-state index contributed by atoms with van der Waals surface area (Å²) in [6.45, 7) is 5.24. The fourth-order valence-corrected chi connectivity index (χ4v) is 2.21. The standard InChI is InChI=1S/C13H17NO/c1-11(6-7-15)8-14-9-12-4-2-3-5-13(12)10-14/h2-5,7,11H,6,8-10H2,1H3. The summed E-state index contributed by atoms with van der Waals surface area (Å²) in [7, 11) is 0. The summed E-state index contributed by atoms with van der Waals surface area (Å²) in [4.78, 5) is 12.8. The Labute approximate surface area is 90.9 Å². The largest absolute Gasteiger partial charge is 0.303 e. The number of benzene rings is 1. The van der Waals surface area contributed by atoms with E-state index in [2.05, 4.69) is 36.1 Å². The van der Waals surface area contributed by atoms with E-state index in [-0.39, 0.29) is 0 Å². The molecule has 0 aromatic heterocycles. The van der Waals surface area contributed by atoms with Gasteiger partial charge in [-0.1, -0.05) is 31.2 Å². The molecule has 1 aromatic rings. The number of aldehydes is 1. The summed E-state index contributed by atoms with van der Waals surface area (Å²) in [6.07, 6.45) is 1.70. The van der Waals surface area contributed by atoms with Gasteiger partial charge in [0.05, 0.1) is 0 Å². The minimum atomic E-state index is 0.469. The zero-order valence-electron chi connectivity index (χ0n) is 9.15. The lowest BCUT2D eigenvalue weighted by molar-refractivity contribution is -0.108. The van der Waals surface area contributed by atoms with Gasteiger partial charge in [-0.25, -0.2) is 0 Å². The first kappa shape index (κ1) is 10.4. The fourth-order valence-electron chi connectivity index (χ4n) is 2.21. The van der Waals surface area contributed by atoms with Crippen molar-refractivity contribution >= 4 is 6.29 Å². The smallest absolute Gasteiger partial charge is 0.120 e. The Morgan fingerprint density at radius 1 is 1.33 bits per heavy atom. The highest BCUT2D eigenvalue weighted by Gasteiger charge is 2.19. The Hall–Kier alpha value is -1.15. The molecule has 0 spiro atoms. The second kappa shape index (κ2) is 4.58. The van der Waals surface area contributed by atoms with Gasteiger partial charge in [0, 0.05) is 26.1 Å². The number of carbonyl (C=O) groups is 1. The van der Waals surface area contributed by atoms with E-state index in [9.17, 15) is 4.79 Å². The third-order valence-electron chi connectivity index (χ3n) is 2.97. The van der Waals surface area contributed by atoms with Gasteiger partial charge in [0.15, 0.2) is 0 Å². The molecule has 0 saturated heterocycles. The molecule has 1 unspecified atom stereocenters. The van der Waals surface area contributed by atoms with E-state index in [1.807, 2.05) is 0 Å². The highest BCUT2D eigenvalue weighted by atomic mass is 16.1. The van der Waals surface area contributed by atoms with Gasteiger partial charge in [0.25, 0.3) is 0 Å². The Kier molecular flexibility index (Phi) is 3.17. The number of rotatable bonds is 4. The van der Waals surface area contributed by atoms with Crippen molar-refractivity contribution in [3.05, 3.63) is 35.4 Å². The fraction of sp³-hybridized carbons (Fsp3) is 0.462. The van der Waals surface area contributed by atoms with Crippen LogP contribution in [-0.2, 0) is 17.9 Å². The van der Waals surface area contributed by atoms with E-state index >= 15 is 0 Å². The average molecular weight is 203 g/mol. The van der Waals surface area contributed by atoms with E-state index in [0.717, 1.165) is 25.9 Å². The van der Waals surface area contributed by atoms with Gasteiger partial charge in [-0.15, -0.1) is 0 Å². The van der Waals surface area contributed by atoms with Crippen molar-refractivity contribution in [3.63, 3.8) is 0 Å².